The Morgan fingerprint density at radius 2 is 2.23 bits per heavy atom. The molecule has 0 fully saturated rings. The summed E-state index contributed by atoms with van der Waals surface area (Å²) in [5.74, 6) is -0.335. The van der Waals surface area contributed by atoms with Crippen LogP contribution in [-0.4, -0.2) is 13.6 Å². The van der Waals surface area contributed by atoms with E-state index in [0.29, 0.717) is 5.75 Å². The van der Waals surface area contributed by atoms with E-state index < -0.39 is 10.7 Å². The number of benzene rings is 1. The normalized spacial score (nSPS) is 19.8. The quantitative estimate of drug-likeness (QED) is 0.436. The Kier molecular flexibility index (Phi) is 3.82. The first kappa shape index (κ1) is 15.2. The van der Waals surface area contributed by atoms with E-state index in [1.165, 1.54) is 12.1 Å². The number of pyridine rings is 1. The van der Waals surface area contributed by atoms with Crippen LogP contribution in [0.2, 0.25) is 0 Å². The van der Waals surface area contributed by atoms with Crippen LogP contribution in [0.3, 0.4) is 0 Å². The number of halogens is 2. The van der Waals surface area contributed by atoms with E-state index in [4.69, 9.17) is 4.74 Å². The summed E-state index contributed by atoms with van der Waals surface area (Å²) in [6.07, 6.45) is 2.33. The molecule has 3 rings (SSSR count). The van der Waals surface area contributed by atoms with Gasteiger partial charge in [0.25, 0.3) is 5.69 Å². The summed E-state index contributed by atoms with van der Waals surface area (Å²) < 4.78 is 19.4. The number of nitrogens with zero attached hydrogens (tertiary/aromatic N) is 2. The lowest BCUT2D eigenvalue weighted by Crippen LogP contribution is -2.07. The van der Waals surface area contributed by atoms with Crippen molar-refractivity contribution in [3.05, 3.63) is 52.1 Å². The smallest absolute Gasteiger partial charge is 0.272 e. The van der Waals surface area contributed by atoms with Crippen LogP contribution in [0.15, 0.2) is 35.4 Å². The number of fused-ring (bicyclic) bond motifs is 1. The number of alkyl halides is 1. The van der Waals surface area contributed by atoms with Crippen molar-refractivity contribution in [1.29, 1.82) is 0 Å². The number of thioether (sulfide) groups is 1. The summed E-state index contributed by atoms with van der Waals surface area (Å²) in [7, 11) is 0. The number of nitro groups is 1. The average Bonchev–Trinajstić information content (AvgIpc) is 2.75. The minimum atomic E-state index is -0.774. The van der Waals surface area contributed by atoms with Gasteiger partial charge in [0.2, 0.25) is 0 Å². The molecular weight excluding hydrogens is 375 g/mol. The lowest BCUT2D eigenvalue weighted by molar-refractivity contribution is -0.385. The van der Waals surface area contributed by atoms with Crippen LogP contribution in [-0.2, 0) is 6.42 Å². The molecule has 1 aromatic heterocycles. The van der Waals surface area contributed by atoms with Gasteiger partial charge in [-0.05, 0) is 13.0 Å². The van der Waals surface area contributed by atoms with Crippen molar-refractivity contribution < 1.29 is 14.1 Å². The number of aromatic nitrogens is 1. The standard InChI is InChI=1S/C14H10BrFN2O3S/c1-14(15)7-10-13(22-14)12(4-5-17-10)21-11-3-2-8(18(19)20)6-9(11)16/h2-6H,7H2,1H3. The van der Waals surface area contributed by atoms with Crippen molar-refractivity contribution in [3.63, 3.8) is 0 Å². The summed E-state index contributed by atoms with van der Waals surface area (Å²) in [5.41, 5.74) is 0.566. The number of hydrogen-bond donors (Lipinski definition) is 0. The molecule has 1 unspecified atom stereocenters. The molecule has 1 aliphatic rings. The summed E-state index contributed by atoms with van der Waals surface area (Å²) in [6.45, 7) is 2.02. The topological polar surface area (TPSA) is 65.3 Å². The molecule has 1 aromatic carbocycles. The summed E-state index contributed by atoms with van der Waals surface area (Å²) in [6, 6.07) is 4.97. The highest BCUT2D eigenvalue weighted by atomic mass is 79.9. The van der Waals surface area contributed by atoms with Crippen LogP contribution in [0.5, 0.6) is 11.5 Å². The molecule has 0 amide bonds. The molecule has 0 bridgehead atoms. The number of ether oxygens (including phenoxy) is 1. The molecule has 0 aliphatic carbocycles. The molecule has 8 heteroatoms. The monoisotopic (exact) mass is 384 g/mol. The molecular formula is C14H10BrFN2O3S. The summed E-state index contributed by atoms with van der Waals surface area (Å²) >= 11 is 5.15. The number of non-ortho nitro benzene ring substituents is 1. The van der Waals surface area contributed by atoms with Crippen LogP contribution in [0.1, 0.15) is 12.6 Å². The van der Waals surface area contributed by atoms with Gasteiger partial charge in [0, 0.05) is 24.8 Å². The fourth-order valence-corrected chi connectivity index (χ4v) is 3.98. The number of rotatable bonds is 3. The van der Waals surface area contributed by atoms with Crippen molar-refractivity contribution in [2.45, 2.75) is 21.9 Å². The van der Waals surface area contributed by atoms with E-state index in [1.807, 2.05) is 6.92 Å². The molecule has 0 saturated heterocycles. The van der Waals surface area contributed by atoms with Gasteiger partial charge in [0.1, 0.15) is 5.75 Å². The Bertz CT molecular complexity index is 770. The van der Waals surface area contributed by atoms with Gasteiger partial charge >= 0.3 is 0 Å². The van der Waals surface area contributed by atoms with Crippen LogP contribution in [0.4, 0.5) is 10.1 Å². The third-order valence-electron chi connectivity index (χ3n) is 3.09. The van der Waals surface area contributed by atoms with Crippen LogP contribution in [0, 0.1) is 15.9 Å². The van der Waals surface area contributed by atoms with E-state index in [1.54, 1.807) is 24.0 Å². The van der Waals surface area contributed by atoms with Crippen molar-refractivity contribution in [2.24, 2.45) is 0 Å². The fourth-order valence-electron chi connectivity index (χ4n) is 2.14. The second-order valence-electron chi connectivity index (χ2n) is 4.94. The minimum absolute atomic E-state index is 0.0530. The zero-order valence-corrected chi connectivity index (χ0v) is 13.8. The number of nitro benzene ring substituents is 1. The first-order valence-electron chi connectivity index (χ1n) is 6.33. The highest BCUT2D eigenvalue weighted by molar-refractivity contribution is 9.11. The largest absolute Gasteiger partial charge is 0.453 e. The first-order chi connectivity index (χ1) is 10.4. The molecule has 5 nitrogen and oxygen atoms in total. The Morgan fingerprint density at radius 3 is 2.91 bits per heavy atom. The first-order valence-corrected chi connectivity index (χ1v) is 7.94. The Morgan fingerprint density at radius 1 is 1.45 bits per heavy atom. The van der Waals surface area contributed by atoms with E-state index >= 15 is 0 Å². The van der Waals surface area contributed by atoms with Gasteiger partial charge in [-0.15, -0.1) is 11.8 Å². The van der Waals surface area contributed by atoms with E-state index in [0.717, 1.165) is 23.1 Å². The maximum atomic E-state index is 13.9. The predicted molar refractivity (Wildman–Crippen MR) is 84.3 cm³/mol. The zero-order chi connectivity index (χ0) is 15.9. The molecule has 1 atom stereocenters. The third kappa shape index (κ3) is 2.93. The molecule has 0 saturated carbocycles. The average molecular weight is 385 g/mol. The second-order valence-corrected chi connectivity index (χ2v) is 8.73. The molecule has 0 N–H and O–H groups in total. The molecule has 22 heavy (non-hydrogen) atoms. The van der Waals surface area contributed by atoms with Gasteiger partial charge in [-0.1, -0.05) is 15.9 Å². The van der Waals surface area contributed by atoms with Gasteiger partial charge in [-0.2, -0.15) is 0 Å². The van der Waals surface area contributed by atoms with Gasteiger partial charge in [-0.25, -0.2) is 4.39 Å². The predicted octanol–water partition coefficient (Wildman–Crippen LogP) is 4.68. The molecule has 2 aromatic rings. The summed E-state index contributed by atoms with van der Waals surface area (Å²) in [4.78, 5) is 15.1. The van der Waals surface area contributed by atoms with Crippen molar-refractivity contribution in [1.82, 2.24) is 4.98 Å². The highest BCUT2D eigenvalue weighted by Crippen LogP contribution is 2.52. The maximum Gasteiger partial charge on any atom is 0.272 e. The van der Waals surface area contributed by atoms with Crippen LogP contribution >= 0.6 is 27.7 Å². The van der Waals surface area contributed by atoms with E-state index in [9.17, 15) is 14.5 Å². The third-order valence-corrected chi connectivity index (χ3v) is 5.06. The van der Waals surface area contributed by atoms with Gasteiger partial charge < -0.3 is 4.74 Å². The van der Waals surface area contributed by atoms with E-state index in [2.05, 4.69) is 20.9 Å². The van der Waals surface area contributed by atoms with E-state index in [-0.39, 0.29) is 15.1 Å². The second kappa shape index (κ2) is 5.51. The van der Waals surface area contributed by atoms with Crippen molar-refractivity contribution >= 4 is 33.4 Å². The van der Waals surface area contributed by atoms with Crippen molar-refractivity contribution in [3.8, 4) is 11.5 Å². The highest BCUT2D eigenvalue weighted by Gasteiger charge is 2.34. The van der Waals surface area contributed by atoms with Crippen molar-refractivity contribution in [2.75, 3.05) is 0 Å². The Balaban J connectivity index is 1.93. The van der Waals surface area contributed by atoms with Gasteiger partial charge in [0.15, 0.2) is 11.6 Å². The SMILES string of the molecule is CC1(Br)Cc2nccc(Oc3ccc([N+](=O)[O-])cc3F)c2S1. The molecule has 1 aliphatic heterocycles. The summed E-state index contributed by atoms with van der Waals surface area (Å²) in [5, 5.41) is 10.6. The molecule has 0 radical (unpaired) electrons. The van der Waals surface area contributed by atoms with Crippen LogP contribution < -0.4 is 4.74 Å². The number of hydrogen-bond acceptors (Lipinski definition) is 5. The van der Waals surface area contributed by atoms with Gasteiger partial charge in [-0.3, -0.25) is 15.1 Å². The Hall–Kier alpha value is -1.67. The fraction of sp³-hybridized carbons (Fsp3) is 0.214. The minimum Gasteiger partial charge on any atom is -0.453 e. The molecule has 114 valence electrons. The van der Waals surface area contributed by atoms with Gasteiger partial charge in [0.05, 0.1) is 25.2 Å². The molecule has 2 heterocycles. The lowest BCUT2D eigenvalue weighted by Gasteiger charge is -2.12. The van der Waals surface area contributed by atoms with Crippen LogP contribution in [0.25, 0.3) is 0 Å². The maximum absolute atomic E-state index is 13.9. The Labute approximate surface area is 138 Å². The molecule has 0 spiro atoms. The lowest BCUT2D eigenvalue weighted by atomic mass is 10.2. The zero-order valence-electron chi connectivity index (χ0n) is 11.4.